The van der Waals surface area contributed by atoms with Crippen molar-refractivity contribution < 1.29 is 4.79 Å². The zero-order chi connectivity index (χ0) is 18.3. The van der Waals surface area contributed by atoms with E-state index in [1.54, 1.807) is 0 Å². The van der Waals surface area contributed by atoms with Crippen LogP contribution in [0.4, 0.5) is 0 Å². The molecule has 26 heavy (non-hydrogen) atoms. The molecule has 2 aromatic rings. The number of aryl methyl sites for hydroxylation is 2. The number of nitrogens with two attached hydrogens (primary N) is 1. The fraction of sp³-hybridized carbons (Fsp3) is 0.300. The first-order chi connectivity index (χ1) is 12.5. The maximum atomic E-state index is 11.7. The Morgan fingerprint density at radius 2 is 2.04 bits per heavy atom. The summed E-state index contributed by atoms with van der Waals surface area (Å²) in [7, 11) is 0. The fourth-order valence-electron chi connectivity index (χ4n) is 3.91. The van der Waals surface area contributed by atoms with E-state index in [1.807, 2.05) is 18.3 Å². The quantitative estimate of drug-likeness (QED) is 0.723. The van der Waals surface area contributed by atoms with E-state index >= 15 is 0 Å². The molecule has 6 heteroatoms. The summed E-state index contributed by atoms with van der Waals surface area (Å²) in [6.45, 7) is 0.737. The lowest BCUT2D eigenvalue weighted by Crippen LogP contribution is -2.45. The van der Waals surface area contributed by atoms with Gasteiger partial charge in [0, 0.05) is 21.3 Å². The Kier molecular flexibility index (Phi) is 4.86. The van der Waals surface area contributed by atoms with Gasteiger partial charge < -0.3 is 11.1 Å². The fourth-order valence-corrected chi connectivity index (χ4v) is 4.48. The highest BCUT2D eigenvalue weighted by atomic mass is 79.9. The summed E-state index contributed by atoms with van der Waals surface area (Å²) in [6.07, 6.45) is 5.15. The number of benzene rings is 1. The summed E-state index contributed by atoms with van der Waals surface area (Å²) < 4.78 is 0.977. The number of carbonyl (C=O) groups is 1. The van der Waals surface area contributed by atoms with Crippen molar-refractivity contribution in [2.75, 3.05) is 6.54 Å². The number of amides is 1. The molecule has 3 N–H and O–H groups in total. The highest BCUT2D eigenvalue weighted by molar-refractivity contribution is 9.10. The van der Waals surface area contributed by atoms with Crippen molar-refractivity contribution in [2.24, 2.45) is 5.73 Å². The van der Waals surface area contributed by atoms with E-state index in [2.05, 4.69) is 33.4 Å². The van der Waals surface area contributed by atoms with Crippen molar-refractivity contribution in [1.29, 1.82) is 0 Å². The van der Waals surface area contributed by atoms with E-state index in [9.17, 15) is 4.79 Å². The minimum atomic E-state index is -0.329. The summed E-state index contributed by atoms with van der Waals surface area (Å²) in [4.78, 5) is 16.5. The van der Waals surface area contributed by atoms with Gasteiger partial charge in [0.1, 0.15) is 0 Å². The molecule has 1 aliphatic carbocycles. The van der Waals surface area contributed by atoms with Gasteiger partial charge in [-0.2, -0.15) is 0 Å². The average molecular weight is 433 g/mol. The van der Waals surface area contributed by atoms with Crippen molar-refractivity contribution in [3.8, 4) is 0 Å². The van der Waals surface area contributed by atoms with E-state index in [0.29, 0.717) is 6.42 Å². The second kappa shape index (κ2) is 7.14. The number of nitrogens with one attached hydrogen (secondary N) is 1. The third-order valence-corrected chi connectivity index (χ3v) is 5.80. The Labute approximate surface area is 166 Å². The Morgan fingerprint density at radius 3 is 2.85 bits per heavy atom. The van der Waals surface area contributed by atoms with Crippen molar-refractivity contribution in [3.63, 3.8) is 0 Å². The predicted molar refractivity (Wildman–Crippen MR) is 107 cm³/mol. The molecule has 4 rings (SSSR count). The van der Waals surface area contributed by atoms with Crippen molar-refractivity contribution >= 4 is 39.0 Å². The number of rotatable bonds is 1. The molecule has 1 amide bonds. The first-order valence-corrected chi connectivity index (χ1v) is 9.88. The van der Waals surface area contributed by atoms with Gasteiger partial charge in [-0.1, -0.05) is 23.2 Å². The number of primary amides is 1. The topological polar surface area (TPSA) is 68.0 Å². The Hall–Kier alpha value is -1.69. The van der Waals surface area contributed by atoms with Crippen LogP contribution in [0.2, 0.25) is 5.02 Å². The van der Waals surface area contributed by atoms with E-state index < -0.39 is 0 Å². The monoisotopic (exact) mass is 431 g/mol. The third kappa shape index (κ3) is 3.31. The number of piperidine rings is 1. The van der Waals surface area contributed by atoms with Gasteiger partial charge in [-0.25, -0.2) is 0 Å². The largest absolute Gasteiger partial charge is 0.368 e. The van der Waals surface area contributed by atoms with E-state index in [0.717, 1.165) is 46.6 Å². The van der Waals surface area contributed by atoms with Crippen LogP contribution in [0.5, 0.6) is 0 Å². The van der Waals surface area contributed by atoms with Crippen LogP contribution >= 0.6 is 27.5 Å². The van der Waals surface area contributed by atoms with Gasteiger partial charge in [-0.15, -0.1) is 0 Å². The van der Waals surface area contributed by atoms with Gasteiger partial charge in [0.25, 0.3) is 0 Å². The molecular formula is C20H19BrClN3O. The van der Waals surface area contributed by atoms with Crippen molar-refractivity contribution in [1.82, 2.24) is 10.3 Å². The molecule has 2 heterocycles. The smallest absolute Gasteiger partial charge is 0.234 e. The molecule has 1 aromatic carbocycles. The molecule has 0 spiro atoms. The molecule has 2 aliphatic rings. The van der Waals surface area contributed by atoms with Crippen LogP contribution in [0.1, 0.15) is 35.2 Å². The van der Waals surface area contributed by atoms with Crippen LogP contribution in [0.3, 0.4) is 0 Å². The summed E-state index contributed by atoms with van der Waals surface area (Å²) in [5.41, 5.74) is 12.5. The maximum absolute atomic E-state index is 11.7. The lowest BCUT2D eigenvalue weighted by Gasteiger charge is -2.26. The number of halogens is 2. The lowest BCUT2D eigenvalue weighted by atomic mass is 9.86. The Morgan fingerprint density at radius 1 is 1.23 bits per heavy atom. The molecule has 1 atom stereocenters. The highest BCUT2D eigenvalue weighted by Gasteiger charge is 2.28. The van der Waals surface area contributed by atoms with Gasteiger partial charge in [-0.05, 0) is 83.0 Å². The van der Waals surface area contributed by atoms with Crippen LogP contribution in [0, 0.1) is 0 Å². The third-order valence-electron chi connectivity index (χ3n) is 5.14. The number of fused-ring (bicyclic) bond motifs is 2. The first kappa shape index (κ1) is 17.7. The van der Waals surface area contributed by atoms with Gasteiger partial charge >= 0.3 is 0 Å². The van der Waals surface area contributed by atoms with E-state index in [-0.39, 0.29) is 11.9 Å². The number of nitrogens with zero attached hydrogens (tertiary/aromatic N) is 1. The normalized spacial score (nSPS) is 22.3. The van der Waals surface area contributed by atoms with Gasteiger partial charge in [-0.3, -0.25) is 9.78 Å². The standard InChI is InChI=1S/C20H19BrClN3O/c21-14-7-13-2-1-11-8-15(22)3-4-16(11)18(19(13)25-10-14)12-5-6-24-17(9-12)20(23)26/h3-4,7-8,10,17,24H,1-2,5-6,9H2,(H2,23,26)/b18-12+. The Balaban J connectivity index is 1.94. The molecule has 1 saturated heterocycles. The zero-order valence-corrected chi connectivity index (χ0v) is 16.5. The summed E-state index contributed by atoms with van der Waals surface area (Å²) >= 11 is 9.79. The van der Waals surface area contributed by atoms with Crippen LogP contribution in [0.25, 0.3) is 5.57 Å². The van der Waals surface area contributed by atoms with Gasteiger partial charge in [0.05, 0.1) is 11.7 Å². The van der Waals surface area contributed by atoms with Crippen LogP contribution in [-0.2, 0) is 17.6 Å². The minimum Gasteiger partial charge on any atom is -0.368 e. The van der Waals surface area contributed by atoms with Crippen molar-refractivity contribution in [3.05, 3.63) is 67.9 Å². The van der Waals surface area contributed by atoms with Crippen LogP contribution in [0.15, 0.2) is 40.5 Å². The molecule has 0 radical (unpaired) electrons. The zero-order valence-electron chi connectivity index (χ0n) is 14.2. The molecular weight excluding hydrogens is 414 g/mol. The van der Waals surface area contributed by atoms with Crippen molar-refractivity contribution in [2.45, 2.75) is 31.7 Å². The summed E-state index contributed by atoms with van der Waals surface area (Å²) in [5, 5.41) is 3.96. The molecule has 134 valence electrons. The van der Waals surface area contributed by atoms with Gasteiger partial charge in [0.2, 0.25) is 5.91 Å². The average Bonchev–Trinajstić information content (AvgIpc) is 2.78. The number of hydrogen-bond donors (Lipinski definition) is 2. The second-order valence-corrected chi connectivity index (χ2v) is 8.16. The predicted octanol–water partition coefficient (Wildman–Crippen LogP) is 3.64. The SMILES string of the molecule is NC(=O)C1C/C(=C2\c3ccc(Cl)cc3CCc3cc(Br)cnc32)CCN1. The van der Waals surface area contributed by atoms with E-state index in [1.165, 1.54) is 22.3 Å². The highest BCUT2D eigenvalue weighted by Crippen LogP contribution is 2.39. The number of carbonyl (C=O) groups excluding carboxylic acids is 1. The van der Waals surface area contributed by atoms with Gasteiger partial charge in [0.15, 0.2) is 0 Å². The molecule has 4 nitrogen and oxygen atoms in total. The molecule has 1 aromatic heterocycles. The number of aromatic nitrogens is 1. The first-order valence-electron chi connectivity index (χ1n) is 8.71. The molecule has 1 unspecified atom stereocenters. The molecule has 1 fully saturated rings. The minimum absolute atomic E-state index is 0.309. The molecule has 1 aliphatic heterocycles. The number of hydrogen-bond acceptors (Lipinski definition) is 3. The molecule has 0 saturated carbocycles. The second-order valence-electron chi connectivity index (χ2n) is 6.80. The lowest BCUT2D eigenvalue weighted by molar-refractivity contribution is -0.120. The molecule has 0 bridgehead atoms. The summed E-state index contributed by atoms with van der Waals surface area (Å²) in [5.74, 6) is -0.309. The van der Waals surface area contributed by atoms with Crippen LogP contribution in [-0.4, -0.2) is 23.5 Å². The Bertz CT molecular complexity index is 870. The summed E-state index contributed by atoms with van der Waals surface area (Å²) in [6, 6.07) is 7.87. The number of pyridine rings is 1. The van der Waals surface area contributed by atoms with E-state index in [4.69, 9.17) is 22.3 Å². The van der Waals surface area contributed by atoms with Crippen LogP contribution < -0.4 is 11.1 Å². The maximum Gasteiger partial charge on any atom is 0.234 e.